The number of rotatable bonds is 7. The van der Waals surface area contributed by atoms with Gasteiger partial charge in [-0.05, 0) is 73.4 Å². The van der Waals surface area contributed by atoms with Crippen LogP contribution in [0.4, 0.5) is 4.79 Å². The van der Waals surface area contributed by atoms with Crippen molar-refractivity contribution in [3.63, 3.8) is 0 Å². The molecule has 3 aromatic rings. The van der Waals surface area contributed by atoms with Crippen LogP contribution in [0.5, 0.6) is 0 Å². The molecule has 0 saturated heterocycles. The number of amides is 2. The maximum absolute atomic E-state index is 13.1. The van der Waals surface area contributed by atoms with Crippen LogP contribution >= 0.6 is 0 Å². The minimum absolute atomic E-state index is 0.103. The van der Waals surface area contributed by atoms with Crippen LogP contribution in [-0.4, -0.2) is 36.2 Å². The minimum Gasteiger partial charge on any atom is -0.458 e. The van der Waals surface area contributed by atoms with Crippen LogP contribution in [0.25, 0.3) is 11.1 Å². The molecule has 2 atom stereocenters. The Labute approximate surface area is 235 Å². The maximum Gasteiger partial charge on any atom is 0.407 e. The van der Waals surface area contributed by atoms with Gasteiger partial charge in [0.1, 0.15) is 18.2 Å². The minimum atomic E-state index is -1.19. The highest BCUT2D eigenvalue weighted by Crippen LogP contribution is 2.44. The van der Waals surface area contributed by atoms with Crippen molar-refractivity contribution in [3.8, 4) is 11.1 Å². The van der Waals surface area contributed by atoms with E-state index in [0.717, 1.165) is 47.1 Å². The highest BCUT2D eigenvalue weighted by molar-refractivity contribution is 5.88. The molecule has 0 spiro atoms. The van der Waals surface area contributed by atoms with E-state index in [2.05, 4.69) is 28.8 Å². The lowest BCUT2D eigenvalue weighted by atomic mass is 9.87. The summed E-state index contributed by atoms with van der Waals surface area (Å²) in [6.07, 6.45) is 1.74. The highest BCUT2D eigenvalue weighted by atomic mass is 16.6. The first kappa shape index (κ1) is 27.4. The van der Waals surface area contributed by atoms with Crippen LogP contribution in [0.1, 0.15) is 74.2 Å². The summed E-state index contributed by atoms with van der Waals surface area (Å²) in [7, 11) is 0. The van der Waals surface area contributed by atoms with Crippen molar-refractivity contribution < 1.29 is 23.9 Å². The molecule has 2 aliphatic rings. The van der Waals surface area contributed by atoms with Crippen molar-refractivity contribution >= 4 is 18.0 Å². The Hall–Kier alpha value is -4.13. The van der Waals surface area contributed by atoms with Gasteiger partial charge in [0.05, 0.1) is 12.5 Å². The molecule has 0 saturated carbocycles. The first-order chi connectivity index (χ1) is 19.2. The molecule has 2 amide bonds. The number of aryl methyl sites for hydroxylation is 1. The van der Waals surface area contributed by atoms with Gasteiger partial charge in [0.2, 0.25) is 5.91 Å². The fourth-order valence-corrected chi connectivity index (χ4v) is 5.69. The van der Waals surface area contributed by atoms with Gasteiger partial charge in [0, 0.05) is 5.92 Å². The number of carbonyl (C=O) groups excluding carboxylic acids is 3. The van der Waals surface area contributed by atoms with Gasteiger partial charge in [-0.25, -0.2) is 9.59 Å². The van der Waals surface area contributed by atoms with Crippen LogP contribution in [0.15, 0.2) is 72.8 Å². The molecule has 3 aromatic carbocycles. The van der Waals surface area contributed by atoms with E-state index < -0.39 is 23.7 Å². The molecule has 2 aliphatic carbocycles. The lowest BCUT2D eigenvalue weighted by molar-refractivity contribution is -0.158. The number of ether oxygens (including phenoxy) is 2. The molecule has 7 nitrogen and oxygen atoms in total. The van der Waals surface area contributed by atoms with Crippen LogP contribution in [-0.2, 0) is 25.5 Å². The number of hydrogen-bond donors (Lipinski definition) is 2. The van der Waals surface area contributed by atoms with Gasteiger partial charge >= 0.3 is 12.1 Å². The zero-order chi connectivity index (χ0) is 28.3. The Morgan fingerprint density at radius 1 is 0.875 bits per heavy atom. The SMILES string of the molecule is CC(C)(C)OC(=O)[C@@H](CC(=O)NC1CCCc2ccccc21)NC(=O)OCC1c2ccccc2-c2ccccc21. The summed E-state index contributed by atoms with van der Waals surface area (Å²) in [4.78, 5) is 39.1. The van der Waals surface area contributed by atoms with Crippen LogP contribution in [0.3, 0.4) is 0 Å². The number of alkyl carbamates (subject to hydrolysis) is 1. The molecule has 2 N–H and O–H groups in total. The second kappa shape index (κ2) is 11.5. The molecule has 0 aliphatic heterocycles. The molecular weight excluding hydrogens is 504 g/mol. The largest absolute Gasteiger partial charge is 0.458 e. The Balaban J connectivity index is 1.25. The van der Waals surface area contributed by atoms with Crippen LogP contribution in [0.2, 0.25) is 0 Å². The number of esters is 1. The monoisotopic (exact) mass is 540 g/mol. The summed E-state index contributed by atoms with van der Waals surface area (Å²) in [5, 5.41) is 5.66. The molecule has 7 heteroatoms. The first-order valence-corrected chi connectivity index (χ1v) is 13.9. The zero-order valence-electron chi connectivity index (χ0n) is 23.2. The smallest absolute Gasteiger partial charge is 0.407 e. The van der Waals surface area contributed by atoms with Gasteiger partial charge in [0.15, 0.2) is 0 Å². The van der Waals surface area contributed by atoms with Gasteiger partial charge in [-0.1, -0.05) is 72.8 Å². The lowest BCUT2D eigenvalue weighted by Gasteiger charge is -2.28. The average molecular weight is 541 g/mol. The Bertz CT molecular complexity index is 1360. The molecule has 0 aromatic heterocycles. The summed E-state index contributed by atoms with van der Waals surface area (Å²) in [5.41, 5.74) is 5.97. The van der Waals surface area contributed by atoms with Gasteiger partial charge < -0.3 is 20.1 Å². The number of fused-ring (bicyclic) bond motifs is 4. The van der Waals surface area contributed by atoms with Crippen molar-refractivity contribution in [1.82, 2.24) is 10.6 Å². The standard InChI is InChI=1S/C33H36N2O5/c1-33(2,3)40-31(37)29(19-30(36)34-28-18-10-12-21-11-4-5-13-22(21)28)35-32(38)39-20-27-25-16-8-6-14-23(25)24-15-7-9-17-26(24)27/h4-9,11,13-17,27-29H,10,12,18-20H2,1-3H3,(H,34,36)(H,35,38)/t28?,29-/m1/s1. The Morgan fingerprint density at radius 3 is 2.12 bits per heavy atom. The van der Waals surface area contributed by atoms with Crippen LogP contribution < -0.4 is 10.6 Å². The number of hydrogen-bond acceptors (Lipinski definition) is 5. The summed E-state index contributed by atoms with van der Waals surface area (Å²) in [6, 6.07) is 22.9. The maximum atomic E-state index is 13.1. The highest BCUT2D eigenvalue weighted by Gasteiger charge is 2.33. The lowest BCUT2D eigenvalue weighted by Crippen LogP contribution is -2.47. The van der Waals surface area contributed by atoms with E-state index in [4.69, 9.17) is 9.47 Å². The van der Waals surface area contributed by atoms with E-state index in [1.54, 1.807) is 20.8 Å². The van der Waals surface area contributed by atoms with Crippen molar-refractivity contribution in [2.75, 3.05) is 6.61 Å². The number of benzene rings is 3. The van der Waals surface area contributed by atoms with E-state index >= 15 is 0 Å². The van der Waals surface area contributed by atoms with E-state index in [9.17, 15) is 14.4 Å². The molecule has 208 valence electrons. The Morgan fingerprint density at radius 2 is 1.48 bits per heavy atom. The van der Waals surface area contributed by atoms with E-state index in [0.29, 0.717) is 0 Å². The summed E-state index contributed by atoms with van der Waals surface area (Å²) >= 11 is 0. The number of nitrogens with one attached hydrogen (secondary N) is 2. The predicted octanol–water partition coefficient (Wildman–Crippen LogP) is 5.82. The third-order valence-electron chi connectivity index (χ3n) is 7.42. The molecule has 0 fully saturated rings. The van der Waals surface area contributed by atoms with Gasteiger partial charge in [-0.3, -0.25) is 4.79 Å². The molecule has 40 heavy (non-hydrogen) atoms. The number of carbonyl (C=O) groups is 3. The summed E-state index contributed by atoms with van der Waals surface area (Å²) < 4.78 is 11.2. The van der Waals surface area contributed by atoms with Crippen molar-refractivity contribution in [1.29, 1.82) is 0 Å². The molecule has 0 heterocycles. The predicted molar refractivity (Wildman–Crippen MR) is 153 cm³/mol. The fraction of sp³-hybridized carbons (Fsp3) is 0.364. The first-order valence-electron chi connectivity index (χ1n) is 13.9. The fourth-order valence-electron chi connectivity index (χ4n) is 5.69. The zero-order valence-corrected chi connectivity index (χ0v) is 23.2. The second-order valence-electron chi connectivity index (χ2n) is 11.5. The van der Waals surface area contributed by atoms with Gasteiger partial charge in [-0.15, -0.1) is 0 Å². The van der Waals surface area contributed by atoms with E-state index in [1.165, 1.54) is 5.56 Å². The topological polar surface area (TPSA) is 93.7 Å². The normalized spacial score (nSPS) is 16.6. The third-order valence-corrected chi connectivity index (χ3v) is 7.42. The molecule has 1 unspecified atom stereocenters. The molecule has 0 radical (unpaired) electrons. The van der Waals surface area contributed by atoms with Gasteiger partial charge in [0.25, 0.3) is 0 Å². The Kier molecular flexibility index (Phi) is 7.92. The average Bonchev–Trinajstić information content (AvgIpc) is 3.24. The van der Waals surface area contributed by atoms with Crippen molar-refractivity contribution in [3.05, 3.63) is 95.1 Å². The summed E-state index contributed by atoms with van der Waals surface area (Å²) in [6.45, 7) is 5.34. The summed E-state index contributed by atoms with van der Waals surface area (Å²) in [5.74, 6) is -1.13. The second-order valence-corrected chi connectivity index (χ2v) is 11.5. The molecular formula is C33H36N2O5. The van der Waals surface area contributed by atoms with Crippen LogP contribution in [0, 0.1) is 0 Å². The van der Waals surface area contributed by atoms with E-state index in [1.807, 2.05) is 54.6 Å². The third kappa shape index (κ3) is 6.19. The van der Waals surface area contributed by atoms with Crippen molar-refractivity contribution in [2.45, 2.75) is 70.1 Å². The van der Waals surface area contributed by atoms with E-state index in [-0.39, 0.29) is 30.9 Å². The van der Waals surface area contributed by atoms with Crippen molar-refractivity contribution in [2.24, 2.45) is 0 Å². The quantitative estimate of drug-likeness (QED) is 0.369. The van der Waals surface area contributed by atoms with Gasteiger partial charge in [-0.2, -0.15) is 0 Å². The molecule has 5 rings (SSSR count). The molecule has 0 bridgehead atoms.